The molecule has 1 heterocycles. The van der Waals surface area contributed by atoms with E-state index >= 15 is 0 Å². The zero-order chi connectivity index (χ0) is 16.2. The van der Waals surface area contributed by atoms with Crippen LogP contribution in [0.4, 0.5) is 31.0 Å². The third-order valence-corrected chi connectivity index (χ3v) is 2.91. The molecule has 0 aliphatic rings. The number of rotatable bonds is 6. The van der Waals surface area contributed by atoms with Gasteiger partial charge >= 0.3 is 6.18 Å². The average Bonchev–Trinajstić information content (AvgIpc) is 2.35. The maximum atomic E-state index is 12.7. The Balaban J connectivity index is 3.19. The number of nitrogen functional groups attached to an aromatic ring is 1. The second kappa shape index (κ2) is 6.77. The Bertz CT molecular complexity index is 459. The number of anilines is 3. The molecule has 2 N–H and O–H groups in total. The van der Waals surface area contributed by atoms with Crippen LogP contribution in [0.2, 0.25) is 0 Å². The SMILES string of the molecule is CCN(CC)c1nc(N)nc(N(CC(F)(F)F)C(C)C)n1. The quantitative estimate of drug-likeness (QED) is 0.867. The summed E-state index contributed by atoms with van der Waals surface area (Å²) in [7, 11) is 0. The van der Waals surface area contributed by atoms with E-state index < -0.39 is 18.8 Å². The summed E-state index contributed by atoms with van der Waals surface area (Å²) in [6.07, 6.45) is -4.35. The van der Waals surface area contributed by atoms with E-state index in [4.69, 9.17) is 5.73 Å². The van der Waals surface area contributed by atoms with Crippen molar-refractivity contribution in [1.82, 2.24) is 15.0 Å². The lowest BCUT2D eigenvalue weighted by Crippen LogP contribution is -2.40. The number of nitrogens with two attached hydrogens (primary N) is 1. The topological polar surface area (TPSA) is 71.2 Å². The average molecular weight is 306 g/mol. The van der Waals surface area contributed by atoms with Crippen molar-refractivity contribution in [2.24, 2.45) is 0 Å². The molecule has 1 aromatic rings. The summed E-state index contributed by atoms with van der Waals surface area (Å²) in [5.74, 6) is 0.141. The molecule has 21 heavy (non-hydrogen) atoms. The van der Waals surface area contributed by atoms with Gasteiger partial charge in [-0.05, 0) is 27.7 Å². The van der Waals surface area contributed by atoms with Gasteiger partial charge in [-0.25, -0.2) is 0 Å². The lowest BCUT2D eigenvalue weighted by molar-refractivity contribution is -0.120. The molecular formula is C12H21F3N6. The van der Waals surface area contributed by atoms with Crippen LogP contribution in [0.3, 0.4) is 0 Å². The Morgan fingerprint density at radius 2 is 1.57 bits per heavy atom. The minimum atomic E-state index is -4.35. The molecule has 0 amide bonds. The first-order valence-electron chi connectivity index (χ1n) is 6.77. The van der Waals surface area contributed by atoms with E-state index in [1.54, 1.807) is 18.7 Å². The summed E-state index contributed by atoms with van der Waals surface area (Å²) in [6.45, 7) is 7.20. The zero-order valence-corrected chi connectivity index (χ0v) is 12.6. The van der Waals surface area contributed by atoms with Gasteiger partial charge in [0.25, 0.3) is 0 Å². The Labute approximate surface area is 122 Å². The summed E-state index contributed by atoms with van der Waals surface area (Å²) >= 11 is 0. The second-order valence-electron chi connectivity index (χ2n) is 4.80. The van der Waals surface area contributed by atoms with Crippen molar-refractivity contribution >= 4 is 17.8 Å². The molecule has 9 heteroatoms. The van der Waals surface area contributed by atoms with E-state index in [-0.39, 0.29) is 17.8 Å². The van der Waals surface area contributed by atoms with E-state index in [1.165, 1.54) is 0 Å². The molecule has 1 aromatic heterocycles. The van der Waals surface area contributed by atoms with Crippen LogP contribution >= 0.6 is 0 Å². The standard InChI is InChI=1S/C12H21F3N6/c1-5-20(6-2)10-17-9(16)18-11(19-10)21(8(3)4)7-12(13,14)15/h8H,5-7H2,1-4H3,(H2,16,17,18,19). The minimum Gasteiger partial charge on any atom is -0.368 e. The van der Waals surface area contributed by atoms with Gasteiger partial charge in [0.1, 0.15) is 6.54 Å². The predicted molar refractivity (Wildman–Crippen MR) is 76.3 cm³/mol. The fourth-order valence-electron chi connectivity index (χ4n) is 1.82. The predicted octanol–water partition coefficient (Wildman–Crippen LogP) is 2.08. The normalized spacial score (nSPS) is 11.8. The zero-order valence-electron chi connectivity index (χ0n) is 12.6. The maximum absolute atomic E-state index is 12.7. The van der Waals surface area contributed by atoms with Gasteiger partial charge in [-0.3, -0.25) is 0 Å². The van der Waals surface area contributed by atoms with Gasteiger partial charge in [-0.15, -0.1) is 0 Å². The molecule has 0 unspecified atom stereocenters. The van der Waals surface area contributed by atoms with Crippen LogP contribution in [0, 0.1) is 0 Å². The molecule has 6 nitrogen and oxygen atoms in total. The Hall–Kier alpha value is -1.80. The first-order chi connectivity index (χ1) is 9.67. The maximum Gasteiger partial charge on any atom is 0.406 e. The molecular weight excluding hydrogens is 285 g/mol. The first-order valence-corrected chi connectivity index (χ1v) is 6.77. The van der Waals surface area contributed by atoms with Gasteiger partial charge in [0.15, 0.2) is 0 Å². The number of nitrogens with zero attached hydrogens (tertiary/aromatic N) is 5. The van der Waals surface area contributed by atoms with Crippen LogP contribution in [0.25, 0.3) is 0 Å². The summed E-state index contributed by atoms with van der Waals surface area (Å²) in [6, 6.07) is -0.419. The number of hydrogen-bond acceptors (Lipinski definition) is 6. The fourth-order valence-corrected chi connectivity index (χ4v) is 1.82. The van der Waals surface area contributed by atoms with Crippen LogP contribution in [-0.2, 0) is 0 Å². The third-order valence-electron chi connectivity index (χ3n) is 2.91. The molecule has 0 fully saturated rings. The number of hydrogen-bond donors (Lipinski definition) is 1. The Morgan fingerprint density at radius 3 is 2.00 bits per heavy atom. The van der Waals surface area contributed by atoms with Crippen molar-refractivity contribution in [3.05, 3.63) is 0 Å². The van der Waals surface area contributed by atoms with Crippen LogP contribution in [-0.4, -0.2) is 46.8 Å². The highest BCUT2D eigenvalue weighted by atomic mass is 19.4. The summed E-state index contributed by atoms with van der Waals surface area (Å²) in [5.41, 5.74) is 5.61. The van der Waals surface area contributed by atoms with E-state index in [0.29, 0.717) is 13.1 Å². The van der Waals surface area contributed by atoms with Crippen LogP contribution in [0.1, 0.15) is 27.7 Å². The summed E-state index contributed by atoms with van der Waals surface area (Å²) in [5, 5.41) is 0. The van der Waals surface area contributed by atoms with Crippen LogP contribution < -0.4 is 15.5 Å². The lowest BCUT2D eigenvalue weighted by atomic mass is 10.3. The monoisotopic (exact) mass is 306 g/mol. The van der Waals surface area contributed by atoms with Gasteiger partial charge in [0, 0.05) is 19.1 Å². The van der Waals surface area contributed by atoms with Gasteiger partial charge in [0.05, 0.1) is 0 Å². The summed E-state index contributed by atoms with van der Waals surface area (Å²) < 4.78 is 38.1. The van der Waals surface area contributed by atoms with Crippen molar-refractivity contribution in [2.75, 3.05) is 35.2 Å². The minimum absolute atomic E-state index is 0.0586. The van der Waals surface area contributed by atoms with Gasteiger partial charge < -0.3 is 15.5 Å². The van der Waals surface area contributed by atoms with E-state index in [2.05, 4.69) is 15.0 Å². The second-order valence-corrected chi connectivity index (χ2v) is 4.80. The molecule has 0 radical (unpaired) electrons. The third kappa shape index (κ3) is 4.91. The largest absolute Gasteiger partial charge is 0.406 e. The molecule has 0 spiro atoms. The highest BCUT2D eigenvalue weighted by Gasteiger charge is 2.33. The number of aromatic nitrogens is 3. The molecule has 0 aliphatic carbocycles. The van der Waals surface area contributed by atoms with Crippen LogP contribution in [0.15, 0.2) is 0 Å². The van der Waals surface area contributed by atoms with Gasteiger partial charge in [0.2, 0.25) is 17.8 Å². The molecule has 1 rings (SSSR count). The molecule has 0 aliphatic heterocycles. The van der Waals surface area contributed by atoms with Crippen LogP contribution in [0.5, 0.6) is 0 Å². The van der Waals surface area contributed by atoms with E-state index in [0.717, 1.165) is 4.90 Å². The van der Waals surface area contributed by atoms with Crippen molar-refractivity contribution < 1.29 is 13.2 Å². The number of halogens is 3. The molecule has 0 saturated carbocycles. The fraction of sp³-hybridized carbons (Fsp3) is 0.750. The summed E-state index contributed by atoms with van der Waals surface area (Å²) in [4.78, 5) is 14.8. The first kappa shape index (κ1) is 17.3. The van der Waals surface area contributed by atoms with Gasteiger partial charge in [-0.2, -0.15) is 28.1 Å². The van der Waals surface area contributed by atoms with E-state index in [1.807, 2.05) is 13.8 Å². The Kier molecular flexibility index (Phi) is 5.56. The van der Waals surface area contributed by atoms with Crippen molar-refractivity contribution in [2.45, 2.75) is 39.9 Å². The molecule has 0 saturated heterocycles. The van der Waals surface area contributed by atoms with Crippen molar-refractivity contribution in [3.63, 3.8) is 0 Å². The molecule has 0 bridgehead atoms. The molecule has 0 atom stereocenters. The van der Waals surface area contributed by atoms with E-state index in [9.17, 15) is 13.2 Å². The smallest absolute Gasteiger partial charge is 0.368 e. The van der Waals surface area contributed by atoms with Crippen molar-refractivity contribution in [3.8, 4) is 0 Å². The molecule has 0 aromatic carbocycles. The van der Waals surface area contributed by atoms with Crippen molar-refractivity contribution in [1.29, 1.82) is 0 Å². The highest BCUT2D eigenvalue weighted by molar-refractivity contribution is 5.44. The number of alkyl halides is 3. The highest BCUT2D eigenvalue weighted by Crippen LogP contribution is 2.23. The van der Waals surface area contributed by atoms with Gasteiger partial charge in [-0.1, -0.05) is 0 Å². The lowest BCUT2D eigenvalue weighted by Gasteiger charge is -2.28. The Morgan fingerprint density at radius 1 is 1.05 bits per heavy atom. The molecule has 120 valence electrons.